The van der Waals surface area contributed by atoms with Gasteiger partial charge < -0.3 is 15.8 Å². The molecule has 0 fully saturated rings. The Balaban J connectivity index is 2.05. The van der Waals surface area contributed by atoms with Gasteiger partial charge in [0, 0.05) is 19.2 Å². The van der Waals surface area contributed by atoms with E-state index in [0.29, 0.717) is 23.2 Å². The first kappa shape index (κ1) is 22.2. The number of aliphatic imine (C=N–C) groups is 1. The number of likely N-dealkylation sites (N-methyl/N-ethyl adjacent to an activating group) is 1. The van der Waals surface area contributed by atoms with Gasteiger partial charge in [0.1, 0.15) is 5.75 Å². The number of alkyl halides is 2. The van der Waals surface area contributed by atoms with Gasteiger partial charge in [-0.05, 0) is 41.3 Å². The van der Waals surface area contributed by atoms with Gasteiger partial charge in [0.25, 0.3) is 5.91 Å². The molecule has 31 heavy (non-hydrogen) atoms. The lowest BCUT2D eigenvalue weighted by molar-refractivity contribution is -0.129. The van der Waals surface area contributed by atoms with E-state index in [9.17, 15) is 18.4 Å². The molecule has 2 aromatic carbocycles. The average Bonchev–Trinajstić information content (AvgIpc) is 2.92. The highest BCUT2D eigenvalue weighted by Gasteiger charge is 2.49. The summed E-state index contributed by atoms with van der Waals surface area (Å²) in [5, 5.41) is 2.83. The zero-order valence-corrected chi connectivity index (χ0v) is 17.4. The van der Waals surface area contributed by atoms with E-state index in [1.807, 2.05) is 13.8 Å². The van der Waals surface area contributed by atoms with E-state index in [2.05, 4.69) is 15.0 Å². The van der Waals surface area contributed by atoms with Crippen molar-refractivity contribution in [1.29, 1.82) is 0 Å². The second-order valence-electron chi connectivity index (χ2n) is 7.67. The Kier molecular flexibility index (Phi) is 6.24. The lowest BCUT2D eigenvalue weighted by atomic mass is 9.82. The van der Waals surface area contributed by atoms with Crippen LogP contribution in [0.3, 0.4) is 0 Å². The third-order valence-corrected chi connectivity index (χ3v) is 4.90. The van der Waals surface area contributed by atoms with Crippen molar-refractivity contribution in [1.82, 2.24) is 4.90 Å². The van der Waals surface area contributed by atoms with Crippen LogP contribution >= 0.6 is 0 Å². The van der Waals surface area contributed by atoms with Gasteiger partial charge in [0.2, 0.25) is 5.91 Å². The number of guanidine groups is 1. The van der Waals surface area contributed by atoms with Gasteiger partial charge in [-0.2, -0.15) is 8.78 Å². The van der Waals surface area contributed by atoms with Crippen LogP contribution < -0.4 is 15.8 Å². The molecule has 1 atom stereocenters. The fourth-order valence-corrected chi connectivity index (χ4v) is 3.47. The largest absolute Gasteiger partial charge is 0.435 e. The van der Waals surface area contributed by atoms with Gasteiger partial charge in [-0.15, -0.1) is 0 Å². The minimum Gasteiger partial charge on any atom is -0.435 e. The lowest BCUT2D eigenvalue weighted by Crippen LogP contribution is -2.41. The molecule has 1 heterocycles. The summed E-state index contributed by atoms with van der Waals surface area (Å²) in [4.78, 5) is 31.1. The zero-order chi connectivity index (χ0) is 22.8. The third kappa shape index (κ3) is 4.50. The number of carbonyl (C=O) groups is 2. The first-order valence-electron chi connectivity index (χ1n) is 9.72. The Morgan fingerprint density at radius 2 is 1.87 bits per heavy atom. The first-order chi connectivity index (χ1) is 14.6. The molecule has 0 saturated carbocycles. The topological polar surface area (TPSA) is 97.0 Å². The van der Waals surface area contributed by atoms with Crippen molar-refractivity contribution in [3.05, 3.63) is 59.7 Å². The molecule has 7 nitrogen and oxygen atoms in total. The van der Waals surface area contributed by atoms with E-state index < -0.39 is 18.1 Å². The summed E-state index contributed by atoms with van der Waals surface area (Å²) in [5.74, 6) is -0.379. The van der Waals surface area contributed by atoms with Crippen LogP contribution in [0.25, 0.3) is 0 Å². The molecule has 3 N–H and O–H groups in total. The van der Waals surface area contributed by atoms with Gasteiger partial charge in [-0.1, -0.05) is 38.1 Å². The Hall–Kier alpha value is -3.49. The molecular weight excluding hydrogens is 406 g/mol. The van der Waals surface area contributed by atoms with E-state index in [4.69, 9.17) is 5.73 Å². The zero-order valence-electron chi connectivity index (χ0n) is 17.4. The molecule has 0 aliphatic carbocycles. The molecule has 1 aliphatic heterocycles. The van der Waals surface area contributed by atoms with Gasteiger partial charge in [-0.25, -0.2) is 4.99 Å². The van der Waals surface area contributed by atoms with E-state index in [1.165, 1.54) is 36.2 Å². The van der Waals surface area contributed by atoms with Crippen molar-refractivity contribution < 1.29 is 23.1 Å². The Labute approximate surface area is 178 Å². The summed E-state index contributed by atoms with van der Waals surface area (Å²) in [6, 6.07) is 12.5. The number of nitrogens with one attached hydrogen (secondary N) is 1. The maximum atomic E-state index is 13.3. The van der Waals surface area contributed by atoms with Crippen molar-refractivity contribution in [2.45, 2.75) is 32.4 Å². The van der Waals surface area contributed by atoms with Crippen molar-refractivity contribution in [3.8, 4) is 5.75 Å². The number of amides is 2. The number of hydrogen-bond acceptors (Lipinski definition) is 5. The van der Waals surface area contributed by atoms with E-state index in [-0.39, 0.29) is 23.5 Å². The highest BCUT2D eigenvalue weighted by molar-refractivity contribution is 6.09. The maximum Gasteiger partial charge on any atom is 0.387 e. The fourth-order valence-electron chi connectivity index (χ4n) is 3.47. The number of ether oxygens (including phenoxy) is 1. The molecule has 3 rings (SSSR count). The molecule has 0 spiro atoms. The van der Waals surface area contributed by atoms with Crippen LogP contribution in [0.1, 0.15) is 31.4 Å². The van der Waals surface area contributed by atoms with Crippen molar-refractivity contribution in [3.63, 3.8) is 0 Å². The molecule has 0 saturated heterocycles. The minimum absolute atomic E-state index is 0.0205. The minimum atomic E-state index is -2.96. The molecule has 0 bridgehead atoms. The normalized spacial score (nSPS) is 18.5. The van der Waals surface area contributed by atoms with Crippen LogP contribution in [-0.4, -0.2) is 36.3 Å². The summed E-state index contributed by atoms with van der Waals surface area (Å²) in [6.45, 7) is 0.923. The number of carbonyl (C=O) groups excluding carboxylic acids is 2. The van der Waals surface area contributed by atoms with Gasteiger partial charge >= 0.3 is 6.61 Å². The quantitative estimate of drug-likeness (QED) is 0.704. The number of nitrogens with two attached hydrogens (primary N) is 1. The first-order valence-corrected chi connectivity index (χ1v) is 9.72. The van der Waals surface area contributed by atoms with E-state index in [0.717, 1.165) is 0 Å². The third-order valence-electron chi connectivity index (χ3n) is 4.90. The summed E-state index contributed by atoms with van der Waals surface area (Å²) in [5.41, 5.74) is 5.86. The summed E-state index contributed by atoms with van der Waals surface area (Å²) in [6.07, 6.45) is 0.355. The van der Waals surface area contributed by atoms with Gasteiger partial charge in [0.05, 0.1) is 0 Å². The molecule has 0 aromatic heterocycles. The SMILES string of the molecule is CC(C)CC(=O)Nc1cccc(C2(c3ccc(OC(F)F)cc3)N=C(N)N(C)C2=O)c1. The Morgan fingerprint density at radius 1 is 1.19 bits per heavy atom. The van der Waals surface area contributed by atoms with Crippen LogP contribution in [-0.2, 0) is 15.1 Å². The molecule has 9 heteroatoms. The number of rotatable bonds is 7. The number of nitrogens with zero attached hydrogens (tertiary/aromatic N) is 2. The second-order valence-corrected chi connectivity index (χ2v) is 7.67. The summed E-state index contributed by atoms with van der Waals surface area (Å²) in [7, 11) is 1.51. The molecule has 2 amide bonds. The predicted molar refractivity (Wildman–Crippen MR) is 113 cm³/mol. The maximum absolute atomic E-state index is 13.3. The van der Waals surface area contributed by atoms with Crippen molar-refractivity contribution in [2.24, 2.45) is 16.6 Å². The lowest BCUT2D eigenvalue weighted by Gasteiger charge is -2.26. The molecule has 1 unspecified atom stereocenters. The summed E-state index contributed by atoms with van der Waals surface area (Å²) < 4.78 is 29.4. The van der Waals surface area contributed by atoms with Crippen LogP contribution in [0.5, 0.6) is 5.75 Å². The monoisotopic (exact) mass is 430 g/mol. The van der Waals surface area contributed by atoms with E-state index in [1.54, 1.807) is 24.3 Å². The predicted octanol–water partition coefficient (Wildman–Crippen LogP) is 3.30. The highest BCUT2D eigenvalue weighted by Crippen LogP contribution is 2.40. The average molecular weight is 430 g/mol. The number of anilines is 1. The standard InChI is InChI=1S/C22H24F2N4O3/c1-13(2)11-18(29)26-16-6-4-5-15(12-16)22(19(30)28(3)21(25)27-22)14-7-9-17(10-8-14)31-20(23)24/h4-10,12-13,20H,11H2,1-3H3,(H2,25,27)(H,26,29). The molecule has 0 radical (unpaired) electrons. The number of benzene rings is 2. The van der Waals surface area contributed by atoms with Gasteiger partial charge in [0.15, 0.2) is 11.5 Å². The summed E-state index contributed by atoms with van der Waals surface area (Å²) >= 11 is 0. The Bertz CT molecular complexity index is 1010. The molecular formula is C22H24F2N4O3. The smallest absolute Gasteiger partial charge is 0.387 e. The van der Waals surface area contributed by atoms with Crippen molar-refractivity contribution >= 4 is 23.5 Å². The van der Waals surface area contributed by atoms with Crippen LogP contribution in [0.15, 0.2) is 53.5 Å². The highest BCUT2D eigenvalue weighted by atomic mass is 19.3. The van der Waals surface area contributed by atoms with Crippen LogP contribution in [0, 0.1) is 5.92 Å². The van der Waals surface area contributed by atoms with Crippen LogP contribution in [0.2, 0.25) is 0 Å². The number of hydrogen-bond donors (Lipinski definition) is 2. The molecule has 1 aliphatic rings. The van der Waals surface area contributed by atoms with Gasteiger partial charge in [-0.3, -0.25) is 14.5 Å². The van der Waals surface area contributed by atoms with Crippen LogP contribution in [0.4, 0.5) is 14.5 Å². The second kappa shape index (κ2) is 8.71. The Morgan fingerprint density at radius 3 is 2.42 bits per heavy atom. The van der Waals surface area contributed by atoms with Crippen molar-refractivity contribution in [2.75, 3.05) is 12.4 Å². The molecule has 2 aromatic rings. The van der Waals surface area contributed by atoms with E-state index >= 15 is 0 Å². The number of halogens is 2. The molecule has 164 valence electrons. The fraction of sp³-hybridized carbons (Fsp3) is 0.318.